The van der Waals surface area contributed by atoms with E-state index in [1.165, 1.54) is 0 Å². The summed E-state index contributed by atoms with van der Waals surface area (Å²) in [7, 11) is 2.04. The Hall–Kier alpha value is -6.01. The Morgan fingerprint density at radius 1 is 0.797 bits per heavy atom. The highest BCUT2D eigenvalue weighted by molar-refractivity contribution is 7.00. The van der Waals surface area contributed by atoms with Crippen molar-refractivity contribution in [3.63, 3.8) is 0 Å². The number of allylic oxidation sites excluding steroid dienone is 1. The van der Waals surface area contributed by atoms with E-state index in [1.54, 1.807) is 4.90 Å². The lowest BCUT2D eigenvalue weighted by molar-refractivity contribution is -0.401. The summed E-state index contributed by atoms with van der Waals surface area (Å²) >= 11 is 1.08. The van der Waals surface area contributed by atoms with Crippen LogP contribution in [0.1, 0.15) is 73.4 Å². The smallest absolute Gasteiger partial charge is 0.256 e. The number of carbonyl (C=O) groups excluding carboxylic acids is 2. The molecular formula is C47H52N7O4S+. The quantitative estimate of drug-likeness (QED) is 0.129. The predicted molar refractivity (Wildman–Crippen MR) is 239 cm³/mol. The number of phenols is 1. The van der Waals surface area contributed by atoms with Crippen LogP contribution in [-0.4, -0.2) is 105 Å². The van der Waals surface area contributed by atoms with Crippen molar-refractivity contribution in [1.29, 1.82) is 0 Å². The van der Waals surface area contributed by atoms with Gasteiger partial charge in [-0.25, -0.2) is 0 Å². The number of rotatable bonds is 11. The van der Waals surface area contributed by atoms with Gasteiger partial charge in [-0.05, 0) is 102 Å². The first-order valence-corrected chi connectivity index (χ1v) is 21.3. The normalized spacial score (nSPS) is 15.2. The van der Waals surface area contributed by atoms with Gasteiger partial charge < -0.3 is 29.1 Å². The summed E-state index contributed by atoms with van der Waals surface area (Å²) in [6.45, 7) is 18.1. The number of amides is 2. The minimum atomic E-state index is -0.386. The highest BCUT2D eigenvalue weighted by Crippen LogP contribution is 2.41. The Kier molecular flexibility index (Phi) is 10.8. The van der Waals surface area contributed by atoms with Crippen molar-refractivity contribution in [2.24, 2.45) is 0 Å². The first-order valence-electron chi connectivity index (χ1n) is 20.6. The van der Waals surface area contributed by atoms with E-state index in [-0.39, 0.29) is 23.0 Å². The number of hydrogen-bond acceptors (Lipinski definition) is 9. The molecule has 0 unspecified atom stereocenters. The molecule has 0 aliphatic carbocycles. The van der Waals surface area contributed by atoms with Crippen LogP contribution in [0, 0.1) is 0 Å². The summed E-state index contributed by atoms with van der Waals surface area (Å²) in [5, 5.41) is 11.9. The van der Waals surface area contributed by atoms with Gasteiger partial charge in [0.15, 0.2) is 5.71 Å². The second-order valence-electron chi connectivity index (χ2n) is 15.8. The van der Waals surface area contributed by atoms with Crippen molar-refractivity contribution in [3.8, 4) is 17.1 Å². The Balaban J connectivity index is 0.943. The lowest BCUT2D eigenvalue weighted by Crippen LogP contribution is -2.50. The van der Waals surface area contributed by atoms with Gasteiger partial charge in [0.1, 0.15) is 35.2 Å². The minimum Gasteiger partial charge on any atom is -0.507 e. The van der Waals surface area contributed by atoms with Crippen LogP contribution in [0.5, 0.6) is 5.75 Å². The molecule has 0 bridgehead atoms. The Morgan fingerprint density at radius 3 is 2.12 bits per heavy atom. The number of piperazine rings is 1. The lowest BCUT2D eigenvalue weighted by atomic mass is 9.80. The molecule has 0 radical (unpaired) electrons. The van der Waals surface area contributed by atoms with Crippen LogP contribution in [0.3, 0.4) is 0 Å². The molecule has 2 aromatic heterocycles. The topological polar surface area (TPSA) is 109 Å². The summed E-state index contributed by atoms with van der Waals surface area (Å²) in [6.07, 6.45) is 4.02. The molecule has 59 heavy (non-hydrogen) atoms. The van der Waals surface area contributed by atoms with Crippen LogP contribution >= 0.6 is 11.7 Å². The van der Waals surface area contributed by atoms with Gasteiger partial charge in [-0.3, -0.25) is 9.59 Å². The highest BCUT2D eigenvalue weighted by atomic mass is 32.1. The van der Waals surface area contributed by atoms with Gasteiger partial charge in [0, 0.05) is 116 Å². The number of anilines is 2. The molecule has 0 spiro atoms. The maximum Gasteiger partial charge on any atom is 0.256 e. The van der Waals surface area contributed by atoms with E-state index in [4.69, 9.17) is 4.42 Å². The van der Waals surface area contributed by atoms with Crippen LogP contribution in [0.2, 0.25) is 0 Å². The average Bonchev–Trinajstić information content (AvgIpc) is 3.96. The maximum atomic E-state index is 14.0. The molecule has 2 aliphatic heterocycles. The number of aromatic nitrogens is 2. The zero-order valence-corrected chi connectivity index (χ0v) is 35.8. The Bertz CT molecular complexity index is 2640. The molecule has 0 atom stereocenters. The molecule has 0 saturated carbocycles. The summed E-state index contributed by atoms with van der Waals surface area (Å²) in [6, 6.07) is 23.8. The second-order valence-corrected chi connectivity index (χ2v) is 16.3. The van der Waals surface area contributed by atoms with E-state index >= 15 is 0 Å². The van der Waals surface area contributed by atoms with Crippen molar-refractivity contribution >= 4 is 74.4 Å². The molecule has 4 aromatic carbocycles. The molecule has 12 heteroatoms. The number of benzene rings is 4. The fourth-order valence-electron chi connectivity index (χ4n) is 8.74. The van der Waals surface area contributed by atoms with E-state index in [0.29, 0.717) is 54.1 Å². The standard InChI is InChI=1S/C47H51N7O4S/c1-8-51(9-2)33-16-12-30(39(55)28-33)15-21-42-47(5,6)37-26-32(14-20-38(37)50(42)7)45(56)53-22-24-54(25-23-53)46(57)36-19-18-35(43-44(36)49-59-48-43)41-27-31-13-17-34(29-40(31)58-41)52(10-3)11-4/h12-21,26-29H,8-11,22-25H2,1-7H3/p+1. The van der Waals surface area contributed by atoms with E-state index in [9.17, 15) is 14.7 Å². The first-order chi connectivity index (χ1) is 28.5. The highest BCUT2D eigenvalue weighted by Gasteiger charge is 2.43. The zero-order valence-electron chi connectivity index (χ0n) is 35.0. The molecule has 4 heterocycles. The first kappa shape index (κ1) is 39.8. The second kappa shape index (κ2) is 16.0. The molecule has 2 aliphatic rings. The van der Waals surface area contributed by atoms with Gasteiger partial charge in [-0.2, -0.15) is 13.3 Å². The van der Waals surface area contributed by atoms with Crippen LogP contribution < -0.4 is 9.80 Å². The molecule has 1 fully saturated rings. The number of fused-ring (bicyclic) bond motifs is 3. The van der Waals surface area contributed by atoms with Crippen molar-refractivity contribution in [2.75, 3.05) is 69.2 Å². The van der Waals surface area contributed by atoms with Gasteiger partial charge >= 0.3 is 0 Å². The largest absolute Gasteiger partial charge is 0.507 e. The van der Waals surface area contributed by atoms with Gasteiger partial charge in [-0.15, -0.1) is 0 Å². The molecule has 6 aromatic rings. The van der Waals surface area contributed by atoms with E-state index < -0.39 is 0 Å². The van der Waals surface area contributed by atoms with Crippen molar-refractivity contribution in [2.45, 2.75) is 47.0 Å². The predicted octanol–water partition coefficient (Wildman–Crippen LogP) is 8.82. The number of phenolic OH excluding ortho intramolecular Hbond substituents is 1. The average molecular weight is 811 g/mol. The van der Waals surface area contributed by atoms with E-state index in [2.05, 4.69) is 88.9 Å². The van der Waals surface area contributed by atoms with Gasteiger partial charge in [-0.1, -0.05) is 0 Å². The maximum absolute atomic E-state index is 14.0. The molecule has 1 N–H and O–H groups in total. The number of furan rings is 1. The molecule has 1 saturated heterocycles. The van der Waals surface area contributed by atoms with Gasteiger partial charge in [0.05, 0.1) is 22.7 Å². The van der Waals surface area contributed by atoms with E-state index in [0.717, 1.165) is 88.3 Å². The monoisotopic (exact) mass is 810 g/mol. The summed E-state index contributed by atoms with van der Waals surface area (Å²) in [5.41, 5.74) is 9.57. The summed E-state index contributed by atoms with van der Waals surface area (Å²) < 4.78 is 17.7. The summed E-state index contributed by atoms with van der Waals surface area (Å²) in [4.78, 5) is 36.1. The fourth-order valence-corrected chi connectivity index (χ4v) is 9.31. The Labute approximate surface area is 349 Å². The molecular weight excluding hydrogens is 759 g/mol. The van der Waals surface area contributed by atoms with Gasteiger partial charge in [0.2, 0.25) is 5.69 Å². The van der Waals surface area contributed by atoms with Crippen LogP contribution in [0.15, 0.2) is 83.3 Å². The van der Waals surface area contributed by atoms with Gasteiger partial charge in [0.25, 0.3) is 11.8 Å². The number of aromatic hydroxyl groups is 1. The van der Waals surface area contributed by atoms with E-state index in [1.807, 2.05) is 72.6 Å². The third-order valence-electron chi connectivity index (χ3n) is 12.2. The molecule has 304 valence electrons. The molecule has 11 nitrogen and oxygen atoms in total. The fraction of sp³-hybridized carbons (Fsp3) is 0.340. The zero-order chi connectivity index (χ0) is 41.6. The molecule has 8 rings (SSSR count). The number of hydrogen-bond donors (Lipinski definition) is 1. The number of carbonyl (C=O) groups is 2. The van der Waals surface area contributed by atoms with Crippen molar-refractivity contribution in [3.05, 3.63) is 101 Å². The third kappa shape index (κ3) is 7.13. The third-order valence-corrected chi connectivity index (χ3v) is 12.8. The SMILES string of the molecule is CCN(CC)c1ccc(C=CC2=[N+](C)c3ccc(C(=O)N4CCN(C(=O)c5ccc(-c6cc7ccc(N(CC)CC)cc7o6)c6nsnc56)CC4)cc3C2(C)C)c(O)c1. The lowest BCUT2D eigenvalue weighted by Gasteiger charge is -2.35. The van der Waals surface area contributed by atoms with Crippen molar-refractivity contribution < 1.29 is 23.7 Å². The van der Waals surface area contributed by atoms with Crippen LogP contribution in [0.4, 0.5) is 17.1 Å². The minimum absolute atomic E-state index is 0.0499. The summed E-state index contributed by atoms with van der Waals surface area (Å²) in [5.74, 6) is 0.754. The van der Waals surface area contributed by atoms with Crippen LogP contribution in [-0.2, 0) is 5.41 Å². The number of nitrogens with zero attached hydrogens (tertiary/aromatic N) is 7. The van der Waals surface area contributed by atoms with Crippen molar-refractivity contribution in [1.82, 2.24) is 18.5 Å². The van der Waals surface area contributed by atoms with Crippen LogP contribution in [0.25, 0.3) is 39.4 Å². The molecule has 2 amide bonds. The Morgan fingerprint density at radius 2 is 1.44 bits per heavy atom.